The number of halogens is 3. The van der Waals surface area contributed by atoms with Crippen molar-refractivity contribution in [3.05, 3.63) is 59.7 Å². The van der Waals surface area contributed by atoms with Crippen molar-refractivity contribution in [2.75, 3.05) is 18.5 Å². The van der Waals surface area contributed by atoms with Crippen LogP contribution in [0.5, 0.6) is 5.75 Å². The van der Waals surface area contributed by atoms with Crippen molar-refractivity contribution in [3.63, 3.8) is 0 Å². The normalized spacial score (nSPS) is 13.7. The van der Waals surface area contributed by atoms with Gasteiger partial charge in [-0.15, -0.1) is 0 Å². The molecule has 1 aliphatic carbocycles. The van der Waals surface area contributed by atoms with Crippen LogP contribution >= 0.6 is 0 Å². The van der Waals surface area contributed by atoms with Gasteiger partial charge in [-0.1, -0.05) is 6.07 Å². The summed E-state index contributed by atoms with van der Waals surface area (Å²) < 4.78 is 42.8. The fourth-order valence-corrected chi connectivity index (χ4v) is 2.50. The van der Waals surface area contributed by atoms with Crippen molar-refractivity contribution < 1.29 is 27.5 Å². The van der Waals surface area contributed by atoms with E-state index in [-0.39, 0.29) is 36.6 Å². The number of hydrogen-bond acceptors (Lipinski definition) is 3. The van der Waals surface area contributed by atoms with Gasteiger partial charge in [0.25, 0.3) is 5.91 Å². The van der Waals surface area contributed by atoms with E-state index in [1.165, 1.54) is 12.1 Å². The zero-order valence-corrected chi connectivity index (χ0v) is 14.9. The van der Waals surface area contributed by atoms with E-state index >= 15 is 0 Å². The summed E-state index contributed by atoms with van der Waals surface area (Å²) in [4.78, 5) is 24.0. The van der Waals surface area contributed by atoms with E-state index in [2.05, 4.69) is 10.6 Å². The molecule has 8 heteroatoms. The summed E-state index contributed by atoms with van der Waals surface area (Å²) in [6.45, 7) is 0.285. The lowest BCUT2D eigenvalue weighted by Gasteiger charge is -2.10. The van der Waals surface area contributed by atoms with E-state index in [1.807, 2.05) is 0 Å². The van der Waals surface area contributed by atoms with Crippen LogP contribution in [0, 0.1) is 5.92 Å². The third-order valence-corrected chi connectivity index (χ3v) is 4.18. The molecule has 0 heterocycles. The molecule has 1 saturated carbocycles. The van der Waals surface area contributed by atoms with Crippen molar-refractivity contribution in [2.45, 2.75) is 19.0 Å². The van der Waals surface area contributed by atoms with Crippen LogP contribution < -0.4 is 15.4 Å². The van der Waals surface area contributed by atoms with Crippen LogP contribution in [0.25, 0.3) is 0 Å². The van der Waals surface area contributed by atoms with Gasteiger partial charge in [0.05, 0.1) is 12.1 Å². The molecule has 0 spiro atoms. The molecule has 0 aliphatic heterocycles. The molecule has 3 rings (SSSR count). The summed E-state index contributed by atoms with van der Waals surface area (Å²) in [6, 6.07) is 10.9. The molecule has 28 heavy (non-hydrogen) atoms. The molecule has 5 nitrogen and oxygen atoms in total. The molecule has 2 N–H and O–H groups in total. The van der Waals surface area contributed by atoms with Gasteiger partial charge >= 0.3 is 6.18 Å². The number of hydrogen-bond donors (Lipinski definition) is 2. The van der Waals surface area contributed by atoms with Crippen molar-refractivity contribution in [2.24, 2.45) is 5.92 Å². The van der Waals surface area contributed by atoms with Gasteiger partial charge in [0.15, 0.2) is 0 Å². The number of amides is 2. The maximum absolute atomic E-state index is 12.5. The second-order valence-electron chi connectivity index (χ2n) is 6.47. The van der Waals surface area contributed by atoms with Crippen LogP contribution in [0.2, 0.25) is 0 Å². The molecule has 0 radical (unpaired) electrons. The van der Waals surface area contributed by atoms with Crippen LogP contribution in [0.1, 0.15) is 28.8 Å². The quantitative estimate of drug-likeness (QED) is 0.703. The first-order valence-electron chi connectivity index (χ1n) is 8.82. The molecule has 1 fully saturated rings. The van der Waals surface area contributed by atoms with E-state index < -0.39 is 11.7 Å². The Balaban J connectivity index is 1.44. The average molecular weight is 392 g/mol. The third kappa shape index (κ3) is 5.48. The molecule has 0 aromatic heterocycles. The van der Waals surface area contributed by atoms with Gasteiger partial charge in [-0.3, -0.25) is 9.59 Å². The first kappa shape index (κ1) is 19.7. The lowest BCUT2D eigenvalue weighted by Crippen LogP contribution is -2.28. The largest absolute Gasteiger partial charge is 0.492 e. The summed E-state index contributed by atoms with van der Waals surface area (Å²) in [5.74, 6) is -0.0205. The zero-order valence-electron chi connectivity index (χ0n) is 14.9. The molecule has 0 atom stereocenters. The van der Waals surface area contributed by atoms with E-state index in [0.717, 1.165) is 25.0 Å². The van der Waals surface area contributed by atoms with Gasteiger partial charge in [0.1, 0.15) is 12.4 Å². The second kappa shape index (κ2) is 8.33. The van der Waals surface area contributed by atoms with Crippen molar-refractivity contribution in [1.29, 1.82) is 0 Å². The lowest BCUT2D eigenvalue weighted by atomic mass is 10.2. The van der Waals surface area contributed by atoms with Gasteiger partial charge in [-0.25, -0.2) is 0 Å². The summed E-state index contributed by atoms with van der Waals surface area (Å²) in [5.41, 5.74) is 0.204. The van der Waals surface area contributed by atoms with Crippen LogP contribution in [0.4, 0.5) is 18.9 Å². The standard InChI is InChI=1S/C20H19F3N2O3/c21-20(22,23)15-6-8-17(9-7-15)28-11-10-24-18(26)14-2-1-3-16(12-14)25-19(27)13-4-5-13/h1-3,6-9,12-13H,4-5,10-11H2,(H,24,26)(H,25,27). The summed E-state index contributed by atoms with van der Waals surface area (Å²) in [7, 11) is 0. The smallest absolute Gasteiger partial charge is 0.416 e. The maximum atomic E-state index is 12.5. The molecule has 0 bridgehead atoms. The zero-order chi connectivity index (χ0) is 20.1. The highest BCUT2D eigenvalue weighted by Crippen LogP contribution is 2.31. The topological polar surface area (TPSA) is 67.4 Å². The van der Waals surface area contributed by atoms with Crippen LogP contribution in [0.3, 0.4) is 0 Å². The summed E-state index contributed by atoms with van der Waals surface area (Å²) >= 11 is 0. The van der Waals surface area contributed by atoms with Crippen molar-refractivity contribution in [1.82, 2.24) is 5.32 Å². The minimum absolute atomic E-state index is 0.0394. The monoisotopic (exact) mass is 392 g/mol. The molecule has 148 valence electrons. The predicted octanol–water partition coefficient (Wildman–Crippen LogP) is 3.86. The van der Waals surface area contributed by atoms with Gasteiger partial charge in [0.2, 0.25) is 5.91 Å². The number of carbonyl (C=O) groups is 2. The Morgan fingerprint density at radius 1 is 1.07 bits per heavy atom. The number of carbonyl (C=O) groups excluding carboxylic acids is 2. The first-order chi connectivity index (χ1) is 13.3. The maximum Gasteiger partial charge on any atom is 0.416 e. The molecular weight excluding hydrogens is 373 g/mol. The number of rotatable bonds is 7. The third-order valence-electron chi connectivity index (χ3n) is 4.18. The molecule has 1 aliphatic rings. The van der Waals surface area contributed by atoms with Gasteiger partial charge < -0.3 is 15.4 Å². The van der Waals surface area contributed by atoms with Crippen molar-refractivity contribution >= 4 is 17.5 Å². The molecule has 0 unspecified atom stereocenters. The van der Waals surface area contributed by atoms with E-state index in [1.54, 1.807) is 24.3 Å². The Bertz CT molecular complexity index is 847. The van der Waals surface area contributed by atoms with E-state index in [9.17, 15) is 22.8 Å². The molecular formula is C20H19F3N2O3. The number of benzene rings is 2. The van der Waals surface area contributed by atoms with Crippen LogP contribution in [0.15, 0.2) is 48.5 Å². The molecule has 0 saturated heterocycles. The average Bonchev–Trinajstić information content (AvgIpc) is 3.50. The molecule has 2 aromatic rings. The number of alkyl halides is 3. The van der Waals surface area contributed by atoms with Crippen LogP contribution in [-0.4, -0.2) is 25.0 Å². The minimum atomic E-state index is -4.39. The van der Waals surface area contributed by atoms with Gasteiger partial charge in [-0.05, 0) is 55.3 Å². The highest BCUT2D eigenvalue weighted by molar-refractivity contribution is 5.98. The molecule has 2 amide bonds. The Kier molecular flexibility index (Phi) is 5.87. The molecule has 2 aromatic carbocycles. The fourth-order valence-electron chi connectivity index (χ4n) is 2.50. The lowest BCUT2D eigenvalue weighted by molar-refractivity contribution is -0.137. The number of ether oxygens (including phenoxy) is 1. The second-order valence-corrected chi connectivity index (χ2v) is 6.47. The highest BCUT2D eigenvalue weighted by atomic mass is 19.4. The van der Waals surface area contributed by atoms with Crippen molar-refractivity contribution in [3.8, 4) is 5.75 Å². The fraction of sp³-hybridized carbons (Fsp3) is 0.300. The predicted molar refractivity (Wildman–Crippen MR) is 97.1 cm³/mol. The summed E-state index contributed by atoms with van der Waals surface area (Å²) in [6.07, 6.45) is -2.60. The number of nitrogens with one attached hydrogen (secondary N) is 2. The Morgan fingerprint density at radius 3 is 2.43 bits per heavy atom. The minimum Gasteiger partial charge on any atom is -0.492 e. The first-order valence-corrected chi connectivity index (χ1v) is 8.82. The van der Waals surface area contributed by atoms with Crippen LogP contribution in [-0.2, 0) is 11.0 Å². The highest BCUT2D eigenvalue weighted by Gasteiger charge is 2.30. The SMILES string of the molecule is O=C(NCCOc1ccc(C(F)(F)F)cc1)c1cccc(NC(=O)C2CC2)c1. The Hall–Kier alpha value is -3.03. The number of anilines is 1. The van der Waals surface area contributed by atoms with Gasteiger partial charge in [-0.2, -0.15) is 13.2 Å². The summed E-state index contributed by atoms with van der Waals surface area (Å²) in [5, 5.41) is 5.44. The van der Waals surface area contributed by atoms with Gasteiger partial charge in [0, 0.05) is 17.2 Å². The Labute approximate surface area is 159 Å². The Morgan fingerprint density at radius 2 is 1.79 bits per heavy atom. The van der Waals surface area contributed by atoms with E-state index in [4.69, 9.17) is 4.74 Å². The van der Waals surface area contributed by atoms with E-state index in [0.29, 0.717) is 11.3 Å².